The normalized spacial score (nSPS) is 23.9. The van der Waals surface area contributed by atoms with Crippen molar-refractivity contribution in [2.75, 3.05) is 40.9 Å². The van der Waals surface area contributed by atoms with Crippen molar-refractivity contribution in [1.29, 1.82) is 0 Å². The van der Waals surface area contributed by atoms with E-state index in [0.717, 1.165) is 30.8 Å². The molecular formula is C22H31N3O4. The maximum Gasteiger partial charge on any atom is 0.251 e. The Balaban J connectivity index is 1.57. The summed E-state index contributed by atoms with van der Waals surface area (Å²) in [4.78, 5) is 28.6. The van der Waals surface area contributed by atoms with Gasteiger partial charge in [-0.1, -0.05) is 6.08 Å². The first-order chi connectivity index (χ1) is 13.9. The minimum absolute atomic E-state index is 0.0735. The minimum Gasteiger partial charge on any atom is -0.496 e. The van der Waals surface area contributed by atoms with E-state index >= 15 is 0 Å². The van der Waals surface area contributed by atoms with Crippen LogP contribution < -0.4 is 10.1 Å². The third-order valence-corrected chi connectivity index (χ3v) is 5.63. The molecule has 1 aromatic carbocycles. The molecule has 1 N–H and O–H groups in total. The summed E-state index contributed by atoms with van der Waals surface area (Å²) in [6.45, 7) is 5.87. The first-order valence-corrected chi connectivity index (χ1v) is 10.1. The Morgan fingerprint density at radius 2 is 2.17 bits per heavy atom. The molecular weight excluding hydrogens is 370 g/mol. The summed E-state index contributed by atoms with van der Waals surface area (Å²) in [6, 6.07) is 5.84. The van der Waals surface area contributed by atoms with E-state index in [1.54, 1.807) is 38.2 Å². The first-order valence-electron chi connectivity index (χ1n) is 10.1. The van der Waals surface area contributed by atoms with Crippen molar-refractivity contribution in [3.05, 3.63) is 42.0 Å². The highest BCUT2D eigenvalue weighted by Crippen LogP contribution is 2.25. The average Bonchev–Trinajstić information content (AvgIpc) is 3.09. The number of amides is 2. The molecule has 7 heteroatoms. The SMILES string of the molecule is C=CCc1cc(C(=O)N[C@@H]2C[C@H]3CO[C@@H](CC(=O)N(C)C)CN3C2)ccc1OC. The second-order valence-corrected chi connectivity index (χ2v) is 7.98. The number of carbonyl (C=O) groups excluding carboxylic acids is 2. The second kappa shape index (κ2) is 9.41. The van der Waals surface area contributed by atoms with Crippen LogP contribution in [0.5, 0.6) is 5.75 Å². The lowest BCUT2D eigenvalue weighted by atomic mass is 10.1. The van der Waals surface area contributed by atoms with Crippen LogP contribution in [0.3, 0.4) is 0 Å². The Hall–Kier alpha value is -2.38. The van der Waals surface area contributed by atoms with Crippen molar-refractivity contribution in [3.63, 3.8) is 0 Å². The van der Waals surface area contributed by atoms with E-state index in [4.69, 9.17) is 9.47 Å². The quantitative estimate of drug-likeness (QED) is 0.701. The van der Waals surface area contributed by atoms with E-state index in [2.05, 4.69) is 16.8 Å². The molecule has 2 amide bonds. The van der Waals surface area contributed by atoms with Gasteiger partial charge in [0.05, 0.1) is 26.2 Å². The summed E-state index contributed by atoms with van der Waals surface area (Å²) in [5.41, 5.74) is 1.57. The zero-order chi connectivity index (χ0) is 21.0. The molecule has 0 aromatic heterocycles. The molecule has 2 aliphatic rings. The van der Waals surface area contributed by atoms with Crippen molar-refractivity contribution >= 4 is 11.8 Å². The van der Waals surface area contributed by atoms with Gasteiger partial charge in [0.15, 0.2) is 0 Å². The van der Waals surface area contributed by atoms with Crippen LogP contribution in [0.4, 0.5) is 0 Å². The van der Waals surface area contributed by atoms with Gasteiger partial charge in [0.2, 0.25) is 5.91 Å². The van der Waals surface area contributed by atoms with Crippen molar-refractivity contribution in [2.24, 2.45) is 0 Å². The van der Waals surface area contributed by atoms with Crippen LogP contribution in [0.2, 0.25) is 0 Å². The Bertz CT molecular complexity index is 764. The van der Waals surface area contributed by atoms with E-state index in [0.29, 0.717) is 31.1 Å². The number of carbonyl (C=O) groups is 2. The van der Waals surface area contributed by atoms with Gasteiger partial charge in [0, 0.05) is 44.8 Å². The molecule has 0 spiro atoms. The lowest BCUT2D eigenvalue weighted by Gasteiger charge is -2.35. The van der Waals surface area contributed by atoms with Crippen LogP contribution in [0.25, 0.3) is 0 Å². The van der Waals surface area contributed by atoms with Gasteiger partial charge in [-0.3, -0.25) is 14.5 Å². The van der Waals surface area contributed by atoms with Gasteiger partial charge in [0.25, 0.3) is 5.91 Å². The fraction of sp³-hybridized carbons (Fsp3) is 0.545. The summed E-state index contributed by atoms with van der Waals surface area (Å²) >= 11 is 0. The Labute approximate surface area is 172 Å². The van der Waals surface area contributed by atoms with Crippen molar-refractivity contribution in [2.45, 2.75) is 37.5 Å². The zero-order valence-corrected chi connectivity index (χ0v) is 17.5. The number of allylic oxidation sites excluding steroid dienone is 1. The molecule has 0 bridgehead atoms. The second-order valence-electron chi connectivity index (χ2n) is 7.98. The summed E-state index contributed by atoms with van der Waals surface area (Å²) < 4.78 is 11.2. The molecule has 2 aliphatic heterocycles. The number of morpholine rings is 1. The number of fused-ring (bicyclic) bond motifs is 1. The third-order valence-electron chi connectivity index (χ3n) is 5.63. The minimum atomic E-state index is -0.0846. The molecule has 2 saturated heterocycles. The number of hydrogen-bond acceptors (Lipinski definition) is 5. The first kappa shape index (κ1) is 21.3. The van der Waals surface area contributed by atoms with Gasteiger partial charge in [-0.25, -0.2) is 0 Å². The van der Waals surface area contributed by atoms with Gasteiger partial charge in [-0.05, 0) is 36.6 Å². The predicted octanol–water partition coefficient (Wildman–Crippen LogP) is 1.47. The van der Waals surface area contributed by atoms with Crippen LogP contribution in [-0.4, -0.2) is 80.7 Å². The van der Waals surface area contributed by atoms with Crippen molar-refractivity contribution in [1.82, 2.24) is 15.1 Å². The fourth-order valence-electron chi connectivity index (χ4n) is 4.05. The lowest BCUT2D eigenvalue weighted by Crippen LogP contribution is -2.47. The molecule has 0 unspecified atom stereocenters. The molecule has 29 heavy (non-hydrogen) atoms. The monoisotopic (exact) mass is 401 g/mol. The highest BCUT2D eigenvalue weighted by atomic mass is 16.5. The van der Waals surface area contributed by atoms with Gasteiger partial charge < -0.3 is 19.7 Å². The Morgan fingerprint density at radius 3 is 2.86 bits per heavy atom. The molecule has 0 saturated carbocycles. The molecule has 7 nitrogen and oxygen atoms in total. The standard InChI is InChI=1S/C22H31N3O4/c1-5-6-15-9-16(7-8-20(15)28-4)22(27)23-17-10-18-14-29-19(13-25(18)12-17)11-21(26)24(2)3/h5,7-9,17-19H,1,6,10-14H2,2-4H3,(H,23,27)/t17-,18+,19+/m1/s1. The van der Waals surface area contributed by atoms with E-state index in [-0.39, 0.29) is 24.0 Å². The maximum atomic E-state index is 12.8. The van der Waals surface area contributed by atoms with Gasteiger partial charge >= 0.3 is 0 Å². The van der Waals surface area contributed by atoms with Gasteiger partial charge in [-0.2, -0.15) is 0 Å². The molecule has 2 fully saturated rings. The summed E-state index contributed by atoms with van der Waals surface area (Å²) in [5.74, 6) is 0.755. The molecule has 0 aliphatic carbocycles. The highest BCUT2D eigenvalue weighted by molar-refractivity contribution is 5.94. The number of methoxy groups -OCH3 is 1. The van der Waals surface area contributed by atoms with Crippen LogP contribution in [-0.2, 0) is 16.0 Å². The number of ether oxygens (including phenoxy) is 2. The largest absolute Gasteiger partial charge is 0.496 e. The van der Waals surface area contributed by atoms with Crippen LogP contribution >= 0.6 is 0 Å². The Morgan fingerprint density at radius 1 is 1.38 bits per heavy atom. The smallest absolute Gasteiger partial charge is 0.251 e. The van der Waals surface area contributed by atoms with Crippen molar-refractivity contribution < 1.29 is 19.1 Å². The van der Waals surface area contributed by atoms with Crippen molar-refractivity contribution in [3.8, 4) is 5.75 Å². The molecule has 2 heterocycles. The summed E-state index contributed by atoms with van der Waals surface area (Å²) in [6.07, 6.45) is 3.61. The van der Waals surface area contributed by atoms with E-state index < -0.39 is 0 Å². The number of nitrogens with zero attached hydrogens (tertiary/aromatic N) is 2. The molecule has 1 aromatic rings. The molecule has 0 radical (unpaired) electrons. The van der Waals surface area contributed by atoms with Gasteiger partial charge in [0.1, 0.15) is 5.75 Å². The maximum absolute atomic E-state index is 12.8. The van der Waals surface area contributed by atoms with Crippen LogP contribution in [0.1, 0.15) is 28.8 Å². The Kier molecular flexibility index (Phi) is 6.92. The van der Waals surface area contributed by atoms with E-state index in [1.807, 2.05) is 12.1 Å². The molecule has 158 valence electrons. The predicted molar refractivity (Wildman–Crippen MR) is 111 cm³/mol. The lowest BCUT2D eigenvalue weighted by molar-refractivity contribution is -0.134. The highest BCUT2D eigenvalue weighted by Gasteiger charge is 2.38. The average molecular weight is 402 g/mol. The molecule has 3 rings (SSSR count). The number of rotatable bonds is 7. The topological polar surface area (TPSA) is 71.1 Å². The van der Waals surface area contributed by atoms with Gasteiger partial charge in [-0.15, -0.1) is 6.58 Å². The zero-order valence-electron chi connectivity index (χ0n) is 17.5. The fourth-order valence-corrected chi connectivity index (χ4v) is 4.05. The van der Waals surface area contributed by atoms with Crippen LogP contribution in [0.15, 0.2) is 30.9 Å². The summed E-state index contributed by atoms with van der Waals surface area (Å²) in [7, 11) is 5.14. The number of nitrogens with one attached hydrogen (secondary N) is 1. The summed E-state index contributed by atoms with van der Waals surface area (Å²) in [5, 5.41) is 3.15. The molecule has 3 atom stereocenters. The van der Waals surface area contributed by atoms with Crippen LogP contribution in [0, 0.1) is 0 Å². The van der Waals surface area contributed by atoms with E-state index in [1.165, 1.54) is 0 Å². The van der Waals surface area contributed by atoms with E-state index in [9.17, 15) is 9.59 Å². The number of hydrogen-bond donors (Lipinski definition) is 1. The number of benzene rings is 1. The third kappa shape index (κ3) is 5.16.